The molecule has 2 aliphatic carbocycles. The molecule has 0 aliphatic heterocycles. The maximum atomic E-state index is 6.49. The van der Waals surface area contributed by atoms with Crippen LogP contribution in [0, 0.1) is 29.6 Å². The monoisotopic (exact) mass is 294 g/mol. The van der Waals surface area contributed by atoms with Crippen molar-refractivity contribution in [3.05, 3.63) is 0 Å². The van der Waals surface area contributed by atoms with E-state index in [0.29, 0.717) is 12.1 Å². The van der Waals surface area contributed by atoms with Crippen LogP contribution in [-0.2, 0) is 0 Å². The Labute approximate surface area is 132 Å². The van der Waals surface area contributed by atoms with E-state index in [4.69, 9.17) is 11.5 Å². The van der Waals surface area contributed by atoms with Crippen molar-refractivity contribution >= 4 is 0 Å². The molecule has 6 unspecified atom stereocenters. The van der Waals surface area contributed by atoms with Gasteiger partial charge in [-0.05, 0) is 74.5 Å². The number of hydrogen-bond acceptors (Lipinski definition) is 2. The molecule has 6 atom stereocenters. The number of rotatable bonds is 5. The third kappa shape index (κ3) is 5.25. The molecule has 124 valence electrons. The maximum absolute atomic E-state index is 6.49. The lowest BCUT2D eigenvalue weighted by Crippen LogP contribution is -2.39. The summed E-state index contributed by atoms with van der Waals surface area (Å²) in [4.78, 5) is 0. The van der Waals surface area contributed by atoms with E-state index in [1.165, 1.54) is 57.8 Å². The van der Waals surface area contributed by atoms with Crippen LogP contribution >= 0.6 is 0 Å². The normalized spacial score (nSPS) is 39.4. The van der Waals surface area contributed by atoms with Gasteiger partial charge in [-0.15, -0.1) is 0 Å². The minimum absolute atomic E-state index is 0.446. The molecule has 0 aromatic rings. The standard InChI is InChI=1S/C19H38N2/c1-13(2)16-7-8-17(19(21)12-16)10-14(3)9-15-5-4-6-18(20)11-15/h13-19H,4-12,20-21H2,1-3H3. The van der Waals surface area contributed by atoms with Gasteiger partial charge in [-0.1, -0.05) is 33.6 Å². The smallest absolute Gasteiger partial charge is 0.00700 e. The van der Waals surface area contributed by atoms with Crippen LogP contribution < -0.4 is 11.5 Å². The minimum atomic E-state index is 0.446. The Hall–Kier alpha value is -0.0800. The topological polar surface area (TPSA) is 52.0 Å². The molecule has 0 aromatic carbocycles. The van der Waals surface area contributed by atoms with Crippen LogP contribution in [0.2, 0.25) is 0 Å². The molecular weight excluding hydrogens is 256 g/mol. The quantitative estimate of drug-likeness (QED) is 0.793. The van der Waals surface area contributed by atoms with E-state index in [-0.39, 0.29) is 0 Å². The summed E-state index contributed by atoms with van der Waals surface area (Å²) in [5.41, 5.74) is 12.6. The summed E-state index contributed by atoms with van der Waals surface area (Å²) in [7, 11) is 0. The Morgan fingerprint density at radius 1 is 0.905 bits per heavy atom. The molecule has 2 nitrogen and oxygen atoms in total. The molecular formula is C19H38N2. The third-order valence-corrected chi connectivity index (χ3v) is 6.30. The predicted molar refractivity (Wildman–Crippen MR) is 92.0 cm³/mol. The second-order valence-corrected chi connectivity index (χ2v) is 8.61. The molecule has 0 radical (unpaired) electrons. The summed E-state index contributed by atoms with van der Waals surface area (Å²) >= 11 is 0. The van der Waals surface area contributed by atoms with Gasteiger partial charge in [0.2, 0.25) is 0 Å². The van der Waals surface area contributed by atoms with Gasteiger partial charge in [-0.25, -0.2) is 0 Å². The first-order valence-electron chi connectivity index (χ1n) is 9.46. The van der Waals surface area contributed by atoms with Gasteiger partial charge in [0.1, 0.15) is 0 Å². The van der Waals surface area contributed by atoms with E-state index in [0.717, 1.165) is 29.6 Å². The van der Waals surface area contributed by atoms with Crippen molar-refractivity contribution in [2.24, 2.45) is 41.1 Å². The largest absolute Gasteiger partial charge is 0.328 e. The van der Waals surface area contributed by atoms with Gasteiger partial charge in [0, 0.05) is 12.1 Å². The highest BCUT2D eigenvalue weighted by Crippen LogP contribution is 2.37. The van der Waals surface area contributed by atoms with Crippen LogP contribution in [0.25, 0.3) is 0 Å². The molecule has 2 aliphatic rings. The average molecular weight is 295 g/mol. The molecule has 0 amide bonds. The summed E-state index contributed by atoms with van der Waals surface area (Å²) in [6.45, 7) is 7.15. The molecule has 2 fully saturated rings. The van der Waals surface area contributed by atoms with Crippen LogP contribution in [0.1, 0.15) is 78.6 Å². The van der Waals surface area contributed by atoms with Crippen molar-refractivity contribution in [2.75, 3.05) is 0 Å². The fourth-order valence-corrected chi connectivity index (χ4v) is 4.93. The van der Waals surface area contributed by atoms with Gasteiger partial charge in [-0.2, -0.15) is 0 Å². The Kier molecular flexibility index (Phi) is 6.55. The zero-order valence-electron chi connectivity index (χ0n) is 14.6. The maximum Gasteiger partial charge on any atom is 0.00700 e. The Bertz CT molecular complexity index is 302. The van der Waals surface area contributed by atoms with Crippen molar-refractivity contribution in [1.29, 1.82) is 0 Å². The lowest BCUT2D eigenvalue weighted by Gasteiger charge is -2.38. The fraction of sp³-hybridized carbons (Fsp3) is 1.00. The first kappa shape index (κ1) is 17.3. The van der Waals surface area contributed by atoms with Gasteiger partial charge < -0.3 is 11.5 Å². The zero-order chi connectivity index (χ0) is 15.4. The summed E-state index contributed by atoms with van der Waals surface area (Å²) in [5, 5.41) is 0. The average Bonchev–Trinajstić information content (AvgIpc) is 2.40. The van der Waals surface area contributed by atoms with Gasteiger partial charge in [0.25, 0.3) is 0 Å². The van der Waals surface area contributed by atoms with Gasteiger partial charge in [-0.3, -0.25) is 0 Å². The summed E-state index contributed by atoms with van der Waals surface area (Å²) in [6, 6.07) is 0.918. The summed E-state index contributed by atoms with van der Waals surface area (Å²) in [6.07, 6.45) is 12.0. The number of hydrogen-bond donors (Lipinski definition) is 2. The molecule has 2 saturated carbocycles. The van der Waals surface area contributed by atoms with E-state index >= 15 is 0 Å². The van der Waals surface area contributed by atoms with Crippen LogP contribution in [-0.4, -0.2) is 12.1 Å². The second kappa shape index (κ2) is 7.97. The zero-order valence-corrected chi connectivity index (χ0v) is 14.6. The molecule has 0 aromatic heterocycles. The van der Waals surface area contributed by atoms with Crippen molar-refractivity contribution < 1.29 is 0 Å². The van der Waals surface area contributed by atoms with E-state index in [9.17, 15) is 0 Å². The van der Waals surface area contributed by atoms with Crippen LogP contribution in [0.5, 0.6) is 0 Å². The van der Waals surface area contributed by atoms with Gasteiger partial charge >= 0.3 is 0 Å². The Balaban J connectivity index is 1.73. The van der Waals surface area contributed by atoms with Crippen molar-refractivity contribution in [3.63, 3.8) is 0 Å². The minimum Gasteiger partial charge on any atom is -0.328 e. The lowest BCUT2D eigenvalue weighted by atomic mass is 9.70. The lowest BCUT2D eigenvalue weighted by molar-refractivity contribution is 0.163. The van der Waals surface area contributed by atoms with Crippen LogP contribution in [0.4, 0.5) is 0 Å². The van der Waals surface area contributed by atoms with Gasteiger partial charge in [0.15, 0.2) is 0 Å². The van der Waals surface area contributed by atoms with Crippen molar-refractivity contribution in [1.82, 2.24) is 0 Å². The second-order valence-electron chi connectivity index (χ2n) is 8.61. The summed E-state index contributed by atoms with van der Waals surface area (Å²) < 4.78 is 0. The predicted octanol–water partition coefficient (Wildman–Crippen LogP) is 4.32. The first-order valence-corrected chi connectivity index (χ1v) is 9.46. The Morgan fingerprint density at radius 2 is 1.67 bits per heavy atom. The van der Waals surface area contributed by atoms with E-state index in [1.54, 1.807) is 0 Å². The van der Waals surface area contributed by atoms with Crippen LogP contribution in [0.15, 0.2) is 0 Å². The van der Waals surface area contributed by atoms with E-state index < -0.39 is 0 Å². The highest BCUT2D eigenvalue weighted by atomic mass is 14.7. The molecule has 0 saturated heterocycles. The molecule has 4 N–H and O–H groups in total. The molecule has 2 heteroatoms. The molecule has 0 bridgehead atoms. The number of nitrogens with two attached hydrogens (primary N) is 2. The summed E-state index contributed by atoms with van der Waals surface area (Å²) in [5.74, 6) is 4.15. The first-order chi connectivity index (χ1) is 9.95. The Morgan fingerprint density at radius 3 is 2.29 bits per heavy atom. The van der Waals surface area contributed by atoms with Gasteiger partial charge in [0.05, 0.1) is 0 Å². The fourth-order valence-electron chi connectivity index (χ4n) is 4.93. The highest BCUT2D eigenvalue weighted by Gasteiger charge is 2.31. The molecule has 2 rings (SSSR count). The molecule has 21 heavy (non-hydrogen) atoms. The van der Waals surface area contributed by atoms with E-state index in [2.05, 4.69) is 20.8 Å². The highest BCUT2D eigenvalue weighted by molar-refractivity contribution is 4.85. The van der Waals surface area contributed by atoms with Crippen molar-refractivity contribution in [2.45, 2.75) is 90.6 Å². The third-order valence-electron chi connectivity index (χ3n) is 6.30. The van der Waals surface area contributed by atoms with Crippen molar-refractivity contribution in [3.8, 4) is 0 Å². The molecule has 0 spiro atoms. The SMILES string of the molecule is CC(CC1CCCC(N)C1)CC1CCC(C(C)C)CC1N. The van der Waals surface area contributed by atoms with E-state index in [1.807, 2.05) is 0 Å². The molecule has 0 heterocycles. The van der Waals surface area contributed by atoms with Crippen LogP contribution in [0.3, 0.4) is 0 Å².